The number of benzene rings is 4. The predicted molar refractivity (Wildman–Crippen MR) is 158 cm³/mol. The topological polar surface area (TPSA) is 60.9 Å². The lowest BCUT2D eigenvalue weighted by atomic mass is 9.96. The molecule has 1 atom stereocenters. The van der Waals surface area contributed by atoms with Crippen LogP contribution >= 0.6 is 0 Å². The third-order valence-electron chi connectivity index (χ3n) is 7.98. The van der Waals surface area contributed by atoms with E-state index in [1.54, 1.807) is 18.2 Å². The minimum Gasteiger partial charge on any atom is -0.336 e. The highest BCUT2D eigenvalue weighted by Crippen LogP contribution is 2.37. The van der Waals surface area contributed by atoms with Crippen LogP contribution in [-0.4, -0.2) is 56.3 Å². The average molecular weight is 552 g/mol. The van der Waals surface area contributed by atoms with Crippen LogP contribution in [0.15, 0.2) is 114 Å². The molecular weight excluding hydrogens is 518 g/mol. The van der Waals surface area contributed by atoms with E-state index < -0.39 is 10.0 Å². The van der Waals surface area contributed by atoms with E-state index in [1.807, 2.05) is 48.2 Å². The van der Waals surface area contributed by atoms with E-state index in [4.69, 9.17) is 0 Å². The Morgan fingerprint density at radius 2 is 1.35 bits per heavy atom. The van der Waals surface area contributed by atoms with Crippen LogP contribution in [0.5, 0.6) is 0 Å². The summed E-state index contributed by atoms with van der Waals surface area (Å²) in [6.07, 6.45) is 0.672. The molecule has 4 aromatic carbocycles. The van der Waals surface area contributed by atoms with E-state index in [1.165, 1.54) is 21.5 Å². The molecule has 2 aliphatic rings. The molecule has 204 valence electrons. The molecule has 0 aromatic heterocycles. The molecular formula is C33H33N3O3S. The van der Waals surface area contributed by atoms with E-state index >= 15 is 0 Å². The van der Waals surface area contributed by atoms with E-state index in [2.05, 4.69) is 53.4 Å². The van der Waals surface area contributed by atoms with Gasteiger partial charge < -0.3 is 4.90 Å². The number of rotatable bonds is 6. The van der Waals surface area contributed by atoms with Gasteiger partial charge in [-0.15, -0.1) is 0 Å². The van der Waals surface area contributed by atoms with E-state index in [0.29, 0.717) is 30.8 Å². The van der Waals surface area contributed by atoms with Crippen LogP contribution in [0, 0.1) is 0 Å². The SMILES string of the molecule is C[C@H]1Cc2ccccc2N1S(=O)(=O)c1cccc(C(=O)N2CCN(C(c3ccccc3)c3ccccc3)CC2)c1. The van der Waals surface area contributed by atoms with Gasteiger partial charge in [0.05, 0.1) is 16.6 Å². The van der Waals surface area contributed by atoms with Gasteiger partial charge in [-0.1, -0.05) is 84.9 Å². The standard InChI is InChI=1S/C33H33N3O3S/c1-25-23-28-15-8-9-18-31(28)36(25)40(38,39)30-17-10-16-29(24-30)33(37)35-21-19-34(20-22-35)32(26-11-4-2-5-12-26)27-13-6-3-7-14-27/h2-18,24-25,32H,19-23H2,1H3/t25-/m0/s1. The summed E-state index contributed by atoms with van der Waals surface area (Å²) in [6, 6.07) is 35.0. The summed E-state index contributed by atoms with van der Waals surface area (Å²) in [4.78, 5) is 18.0. The van der Waals surface area contributed by atoms with Gasteiger partial charge in [-0.25, -0.2) is 8.42 Å². The van der Waals surface area contributed by atoms with Gasteiger partial charge in [0.15, 0.2) is 0 Å². The Balaban J connectivity index is 1.20. The number of anilines is 1. The van der Waals surface area contributed by atoms with Gasteiger partial charge >= 0.3 is 0 Å². The van der Waals surface area contributed by atoms with Crippen molar-refractivity contribution >= 4 is 21.6 Å². The Hall–Kier alpha value is -3.94. The van der Waals surface area contributed by atoms with Crippen LogP contribution in [0.25, 0.3) is 0 Å². The van der Waals surface area contributed by atoms with Gasteiger partial charge in [0.1, 0.15) is 0 Å². The fraction of sp³-hybridized carbons (Fsp3) is 0.242. The zero-order chi connectivity index (χ0) is 27.7. The first-order valence-corrected chi connectivity index (χ1v) is 15.2. The number of para-hydroxylation sites is 1. The minimum absolute atomic E-state index is 0.110. The largest absolute Gasteiger partial charge is 0.336 e. The monoisotopic (exact) mass is 551 g/mol. The third kappa shape index (κ3) is 4.91. The summed E-state index contributed by atoms with van der Waals surface area (Å²) in [5.41, 5.74) is 4.59. The van der Waals surface area contributed by atoms with Gasteiger partial charge in [0.2, 0.25) is 0 Å². The van der Waals surface area contributed by atoms with Crippen LogP contribution in [-0.2, 0) is 16.4 Å². The van der Waals surface area contributed by atoms with Crippen LogP contribution in [0.1, 0.15) is 40.0 Å². The van der Waals surface area contributed by atoms with Crippen molar-refractivity contribution in [3.05, 3.63) is 131 Å². The number of nitrogens with zero attached hydrogens (tertiary/aromatic N) is 3. The Kier molecular flexibility index (Phi) is 7.17. The highest BCUT2D eigenvalue weighted by molar-refractivity contribution is 7.92. The zero-order valence-electron chi connectivity index (χ0n) is 22.6. The molecule has 0 aliphatic carbocycles. The van der Waals surface area contributed by atoms with Crippen LogP contribution < -0.4 is 4.31 Å². The number of piperazine rings is 1. The summed E-state index contributed by atoms with van der Waals surface area (Å²) < 4.78 is 29.0. The van der Waals surface area contributed by atoms with Crippen LogP contribution in [0.3, 0.4) is 0 Å². The van der Waals surface area contributed by atoms with E-state index in [0.717, 1.165) is 18.7 Å². The molecule has 0 spiro atoms. The van der Waals surface area contributed by atoms with Crippen molar-refractivity contribution in [2.75, 3.05) is 30.5 Å². The fourth-order valence-corrected chi connectivity index (χ4v) is 7.80. The number of fused-ring (bicyclic) bond motifs is 1. The first-order chi connectivity index (χ1) is 19.4. The highest BCUT2D eigenvalue weighted by atomic mass is 32.2. The van der Waals surface area contributed by atoms with Crippen molar-refractivity contribution in [2.24, 2.45) is 0 Å². The van der Waals surface area contributed by atoms with Crippen LogP contribution in [0.2, 0.25) is 0 Å². The smallest absolute Gasteiger partial charge is 0.264 e. The number of hydrogen-bond acceptors (Lipinski definition) is 4. The lowest BCUT2D eigenvalue weighted by Gasteiger charge is -2.40. The molecule has 1 fully saturated rings. The molecule has 4 aromatic rings. The maximum atomic E-state index is 13.7. The molecule has 6 nitrogen and oxygen atoms in total. The normalized spacial score (nSPS) is 17.7. The van der Waals surface area contributed by atoms with Crippen molar-refractivity contribution in [1.82, 2.24) is 9.80 Å². The fourth-order valence-electron chi connectivity index (χ4n) is 6.06. The van der Waals surface area contributed by atoms with Crippen molar-refractivity contribution in [1.29, 1.82) is 0 Å². The van der Waals surface area contributed by atoms with Crippen molar-refractivity contribution < 1.29 is 13.2 Å². The summed E-state index contributed by atoms with van der Waals surface area (Å²) in [5, 5.41) is 0. The van der Waals surface area contributed by atoms with Gasteiger partial charge in [0, 0.05) is 37.8 Å². The van der Waals surface area contributed by atoms with Crippen molar-refractivity contribution in [3.63, 3.8) is 0 Å². The molecule has 0 saturated carbocycles. The second kappa shape index (κ2) is 10.9. The van der Waals surface area contributed by atoms with Gasteiger partial charge in [-0.05, 0) is 54.3 Å². The Morgan fingerprint density at radius 3 is 2.00 bits per heavy atom. The number of hydrogen-bond donors (Lipinski definition) is 0. The molecule has 6 rings (SSSR count). The maximum Gasteiger partial charge on any atom is 0.264 e. The molecule has 0 unspecified atom stereocenters. The molecule has 7 heteroatoms. The Bertz CT molecular complexity index is 1560. The summed E-state index contributed by atoms with van der Waals surface area (Å²) in [6.45, 7) is 4.51. The molecule has 0 N–H and O–H groups in total. The van der Waals surface area contributed by atoms with Crippen LogP contribution in [0.4, 0.5) is 5.69 Å². The zero-order valence-corrected chi connectivity index (χ0v) is 23.4. The molecule has 40 heavy (non-hydrogen) atoms. The summed E-state index contributed by atoms with van der Waals surface area (Å²) in [7, 11) is -3.81. The number of carbonyl (C=O) groups is 1. The lowest BCUT2D eigenvalue weighted by molar-refractivity contribution is 0.0597. The average Bonchev–Trinajstić information content (AvgIpc) is 3.35. The first-order valence-electron chi connectivity index (χ1n) is 13.8. The molecule has 2 heterocycles. The second-order valence-corrected chi connectivity index (χ2v) is 12.4. The first kappa shape index (κ1) is 26.3. The molecule has 2 aliphatic heterocycles. The van der Waals surface area contributed by atoms with Gasteiger partial charge in [-0.3, -0.25) is 14.0 Å². The molecule has 0 bridgehead atoms. The lowest BCUT2D eigenvalue weighted by Crippen LogP contribution is -2.49. The molecule has 0 radical (unpaired) electrons. The maximum absolute atomic E-state index is 13.7. The highest BCUT2D eigenvalue weighted by Gasteiger charge is 2.36. The number of amides is 1. The summed E-state index contributed by atoms with van der Waals surface area (Å²) >= 11 is 0. The quantitative estimate of drug-likeness (QED) is 0.323. The predicted octanol–water partition coefficient (Wildman–Crippen LogP) is 5.37. The van der Waals surface area contributed by atoms with Gasteiger partial charge in [0.25, 0.3) is 15.9 Å². The Morgan fingerprint density at radius 1 is 0.750 bits per heavy atom. The van der Waals surface area contributed by atoms with Crippen molar-refractivity contribution in [3.8, 4) is 0 Å². The van der Waals surface area contributed by atoms with E-state index in [9.17, 15) is 13.2 Å². The van der Waals surface area contributed by atoms with Crippen molar-refractivity contribution in [2.45, 2.75) is 30.3 Å². The number of carbonyl (C=O) groups excluding carboxylic acids is 1. The molecule has 1 amide bonds. The summed E-state index contributed by atoms with van der Waals surface area (Å²) in [5.74, 6) is -0.137. The number of sulfonamides is 1. The molecule has 1 saturated heterocycles. The van der Waals surface area contributed by atoms with Gasteiger partial charge in [-0.2, -0.15) is 0 Å². The second-order valence-electron chi connectivity index (χ2n) is 10.6. The van der Waals surface area contributed by atoms with E-state index in [-0.39, 0.29) is 22.9 Å². The third-order valence-corrected chi connectivity index (χ3v) is 9.90. The minimum atomic E-state index is -3.81. The Labute approximate surface area is 236 Å².